The number of para-hydroxylation sites is 1. The summed E-state index contributed by atoms with van der Waals surface area (Å²) in [4.78, 5) is 12.4. The van der Waals surface area contributed by atoms with Gasteiger partial charge in [0.25, 0.3) is 0 Å². The second-order valence-corrected chi connectivity index (χ2v) is 5.60. The van der Waals surface area contributed by atoms with E-state index in [4.69, 9.17) is 4.52 Å². The van der Waals surface area contributed by atoms with E-state index >= 15 is 0 Å². The van der Waals surface area contributed by atoms with Gasteiger partial charge in [-0.05, 0) is 47.2 Å². The van der Waals surface area contributed by atoms with Crippen molar-refractivity contribution in [3.05, 3.63) is 60.0 Å². The minimum absolute atomic E-state index is 0.131. The number of nitrogens with one attached hydrogen (secondary N) is 1. The number of nitrogens with zero attached hydrogens (tertiary/aromatic N) is 5. The molecule has 8 heteroatoms. The molecule has 4 aromatic rings. The lowest BCUT2D eigenvalue weighted by Gasteiger charge is -2.10. The van der Waals surface area contributed by atoms with Gasteiger partial charge in [-0.2, -0.15) is 0 Å². The Labute approximate surface area is 142 Å². The molecule has 0 saturated carbocycles. The lowest BCUT2D eigenvalue weighted by Crippen LogP contribution is -2.15. The molecule has 0 aliphatic rings. The van der Waals surface area contributed by atoms with E-state index in [1.807, 2.05) is 49.4 Å². The first-order valence-corrected chi connectivity index (χ1v) is 7.68. The molecule has 1 N–H and O–H groups in total. The highest BCUT2D eigenvalue weighted by Crippen LogP contribution is 2.21. The first-order chi connectivity index (χ1) is 12.2. The molecule has 0 bridgehead atoms. The van der Waals surface area contributed by atoms with Crippen LogP contribution < -0.4 is 5.32 Å². The first-order valence-electron chi connectivity index (χ1n) is 7.68. The number of anilines is 1. The number of hydrogen-bond donors (Lipinski definition) is 1. The second kappa shape index (κ2) is 6.16. The fourth-order valence-electron chi connectivity index (χ4n) is 2.58. The van der Waals surface area contributed by atoms with E-state index in [-0.39, 0.29) is 12.3 Å². The summed E-state index contributed by atoms with van der Waals surface area (Å²) in [5, 5.41) is 18.8. The van der Waals surface area contributed by atoms with Crippen LogP contribution in [0.15, 0.2) is 53.3 Å². The van der Waals surface area contributed by atoms with Gasteiger partial charge in [0.2, 0.25) is 5.91 Å². The number of carbonyl (C=O) groups is 1. The molecule has 0 unspecified atom stereocenters. The van der Waals surface area contributed by atoms with E-state index < -0.39 is 0 Å². The number of fused-ring (bicyclic) bond motifs is 1. The average molecular weight is 334 g/mol. The van der Waals surface area contributed by atoms with E-state index in [0.29, 0.717) is 17.0 Å². The highest BCUT2D eigenvalue weighted by Gasteiger charge is 2.13. The van der Waals surface area contributed by atoms with Crippen molar-refractivity contribution in [1.82, 2.24) is 25.4 Å². The lowest BCUT2D eigenvalue weighted by molar-refractivity contribution is -0.115. The first kappa shape index (κ1) is 15.0. The normalized spacial score (nSPS) is 10.9. The molecule has 0 spiro atoms. The van der Waals surface area contributed by atoms with Gasteiger partial charge < -0.3 is 9.84 Å². The number of carbonyl (C=O) groups excluding carboxylic acids is 1. The summed E-state index contributed by atoms with van der Waals surface area (Å²) in [5.41, 5.74) is 3.68. The Morgan fingerprint density at radius 2 is 2.12 bits per heavy atom. The maximum Gasteiger partial charge on any atom is 0.230 e. The predicted molar refractivity (Wildman–Crippen MR) is 90.2 cm³/mol. The van der Waals surface area contributed by atoms with Crippen LogP contribution in [0.2, 0.25) is 0 Å². The fraction of sp³-hybridized carbons (Fsp3) is 0.118. The Hall–Kier alpha value is -3.55. The van der Waals surface area contributed by atoms with Crippen LogP contribution in [0.5, 0.6) is 0 Å². The van der Waals surface area contributed by atoms with Crippen molar-refractivity contribution in [1.29, 1.82) is 0 Å². The van der Waals surface area contributed by atoms with Gasteiger partial charge in [0.1, 0.15) is 12.0 Å². The van der Waals surface area contributed by atoms with E-state index in [1.165, 1.54) is 11.0 Å². The molecule has 25 heavy (non-hydrogen) atoms. The number of benzene rings is 2. The third kappa shape index (κ3) is 2.97. The van der Waals surface area contributed by atoms with E-state index in [1.54, 1.807) is 0 Å². The average Bonchev–Trinajstić information content (AvgIpc) is 3.27. The number of tetrazole rings is 1. The quantitative estimate of drug-likeness (QED) is 0.615. The van der Waals surface area contributed by atoms with Crippen LogP contribution in [-0.2, 0) is 11.2 Å². The summed E-state index contributed by atoms with van der Waals surface area (Å²) in [6.45, 7) is 1.92. The topological polar surface area (TPSA) is 98.7 Å². The molecule has 0 radical (unpaired) electrons. The summed E-state index contributed by atoms with van der Waals surface area (Å²) in [7, 11) is 0. The van der Waals surface area contributed by atoms with Gasteiger partial charge in [0.15, 0.2) is 5.58 Å². The predicted octanol–water partition coefficient (Wildman–Crippen LogP) is 2.29. The number of rotatable bonds is 4. The largest absolute Gasteiger partial charge is 0.356 e. The highest BCUT2D eigenvalue weighted by atomic mass is 16.5. The minimum atomic E-state index is -0.170. The van der Waals surface area contributed by atoms with Crippen molar-refractivity contribution < 1.29 is 9.32 Å². The smallest absolute Gasteiger partial charge is 0.230 e. The Balaban J connectivity index is 1.55. The van der Waals surface area contributed by atoms with Gasteiger partial charge >= 0.3 is 0 Å². The van der Waals surface area contributed by atoms with Crippen LogP contribution in [-0.4, -0.2) is 31.3 Å². The fourth-order valence-corrected chi connectivity index (χ4v) is 2.58. The van der Waals surface area contributed by atoms with Crippen LogP contribution in [0.4, 0.5) is 5.69 Å². The summed E-state index contributed by atoms with van der Waals surface area (Å²) < 4.78 is 6.76. The van der Waals surface area contributed by atoms with Crippen molar-refractivity contribution in [3.8, 4) is 5.69 Å². The molecule has 2 aromatic carbocycles. The van der Waals surface area contributed by atoms with Crippen molar-refractivity contribution >= 4 is 22.6 Å². The van der Waals surface area contributed by atoms with Gasteiger partial charge in [-0.3, -0.25) is 4.79 Å². The van der Waals surface area contributed by atoms with Crippen LogP contribution in [0.25, 0.3) is 16.7 Å². The molecular formula is C17H14N6O2. The molecule has 0 aliphatic heterocycles. The maximum atomic E-state index is 12.4. The highest BCUT2D eigenvalue weighted by molar-refractivity contribution is 5.95. The molecule has 0 saturated heterocycles. The summed E-state index contributed by atoms with van der Waals surface area (Å²) in [6.07, 6.45) is 1.63. The summed E-state index contributed by atoms with van der Waals surface area (Å²) in [5.74, 6) is -0.170. The Bertz CT molecular complexity index is 1040. The number of aromatic nitrogens is 5. The van der Waals surface area contributed by atoms with Gasteiger partial charge in [-0.1, -0.05) is 23.4 Å². The maximum absolute atomic E-state index is 12.4. The van der Waals surface area contributed by atoms with E-state index in [2.05, 4.69) is 26.0 Å². The van der Waals surface area contributed by atoms with Gasteiger partial charge in [0, 0.05) is 11.1 Å². The summed E-state index contributed by atoms with van der Waals surface area (Å²) in [6, 6.07) is 13.1. The van der Waals surface area contributed by atoms with Crippen LogP contribution >= 0.6 is 0 Å². The van der Waals surface area contributed by atoms with Crippen molar-refractivity contribution in [2.24, 2.45) is 0 Å². The molecule has 8 nitrogen and oxygen atoms in total. The van der Waals surface area contributed by atoms with Crippen molar-refractivity contribution in [2.75, 3.05) is 5.32 Å². The SMILES string of the molecule is Cc1ccc(-n2cnnn2)cc1NC(=O)Cc1noc2ccccc12. The molecule has 2 heterocycles. The Morgan fingerprint density at radius 3 is 2.96 bits per heavy atom. The molecular weight excluding hydrogens is 320 g/mol. The summed E-state index contributed by atoms with van der Waals surface area (Å²) >= 11 is 0. The van der Waals surface area contributed by atoms with Crippen molar-refractivity contribution in [3.63, 3.8) is 0 Å². The van der Waals surface area contributed by atoms with E-state index in [9.17, 15) is 4.79 Å². The molecule has 124 valence electrons. The lowest BCUT2D eigenvalue weighted by atomic mass is 10.1. The van der Waals surface area contributed by atoms with Crippen molar-refractivity contribution in [2.45, 2.75) is 13.3 Å². The zero-order valence-corrected chi connectivity index (χ0v) is 13.4. The zero-order valence-electron chi connectivity index (χ0n) is 13.4. The third-order valence-electron chi connectivity index (χ3n) is 3.89. The molecule has 4 rings (SSSR count). The molecule has 1 amide bonds. The van der Waals surface area contributed by atoms with Gasteiger partial charge in [-0.25, -0.2) is 4.68 Å². The number of hydrogen-bond acceptors (Lipinski definition) is 6. The van der Waals surface area contributed by atoms with Crippen LogP contribution in [0.1, 0.15) is 11.3 Å². The van der Waals surface area contributed by atoms with E-state index in [0.717, 1.165) is 16.6 Å². The third-order valence-corrected chi connectivity index (χ3v) is 3.89. The molecule has 0 fully saturated rings. The van der Waals surface area contributed by atoms with Crippen LogP contribution in [0.3, 0.4) is 0 Å². The van der Waals surface area contributed by atoms with Gasteiger partial charge in [0.05, 0.1) is 12.1 Å². The molecule has 2 aromatic heterocycles. The zero-order chi connectivity index (χ0) is 17.2. The Morgan fingerprint density at radius 1 is 1.24 bits per heavy atom. The second-order valence-electron chi connectivity index (χ2n) is 5.60. The number of aryl methyl sites for hydroxylation is 1. The standard InChI is InChI=1S/C17H14N6O2/c1-11-6-7-12(23-10-18-21-22-23)8-14(11)19-17(24)9-15-13-4-2-3-5-16(13)25-20-15/h2-8,10H,9H2,1H3,(H,19,24). The van der Waals surface area contributed by atoms with Gasteiger partial charge in [-0.15, -0.1) is 5.10 Å². The molecule has 0 aliphatic carbocycles. The minimum Gasteiger partial charge on any atom is -0.356 e. The van der Waals surface area contributed by atoms with Crippen LogP contribution in [0, 0.1) is 6.92 Å². The molecule has 0 atom stereocenters. The number of amides is 1. The monoisotopic (exact) mass is 334 g/mol. The Kier molecular flexibility index (Phi) is 3.70.